The molecule has 0 radical (unpaired) electrons. The van der Waals surface area contributed by atoms with Gasteiger partial charge in [0.15, 0.2) is 0 Å². The number of nitrogens with zero attached hydrogens (tertiary/aromatic N) is 2. The van der Waals surface area contributed by atoms with E-state index in [-0.39, 0.29) is 0 Å². The van der Waals surface area contributed by atoms with E-state index in [1.54, 1.807) is 0 Å². The van der Waals surface area contributed by atoms with Crippen LogP contribution >= 0.6 is 0 Å². The fraction of sp³-hybridized carbons (Fsp3) is 0.435. The monoisotopic (exact) mass is 350 g/mol. The maximum atomic E-state index is 6.06. The van der Waals surface area contributed by atoms with Crippen LogP contribution in [0.5, 0.6) is 5.75 Å². The lowest BCUT2D eigenvalue weighted by molar-refractivity contribution is 0.299. The second-order valence-electron chi connectivity index (χ2n) is 7.51. The molecule has 0 atom stereocenters. The summed E-state index contributed by atoms with van der Waals surface area (Å²) in [4.78, 5) is 4.82. The van der Waals surface area contributed by atoms with Gasteiger partial charge in [0.2, 0.25) is 0 Å². The number of fused-ring (bicyclic) bond motifs is 1. The van der Waals surface area contributed by atoms with Gasteiger partial charge in [0.25, 0.3) is 0 Å². The smallest absolute Gasteiger partial charge is 0.122 e. The molecular formula is C23H30N2O. The molecule has 3 heteroatoms. The van der Waals surface area contributed by atoms with Gasteiger partial charge in [-0.1, -0.05) is 58.0 Å². The summed E-state index contributed by atoms with van der Waals surface area (Å²) in [7, 11) is 0. The SMILES string of the molecule is CC(C)c1ccccc1OCCCCn1c(C(C)C)nc2ccccc21. The molecule has 0 spiro atoms. The van der Waals surface area contributed by atoms with E-state index in [1.807, 2.05) is 6.07 Å². The second kappa shape index (κ2) is 8.39. The third-order valence-corrected chi connectivity index (χ3v) is 4.78. The summed E-state index contributed by atoms with van der Waals surface area (Å²) >= 11 is 0. The van der Waals surface area contributed by atoms with E-state index < -0.39 is 0 Å². The topological polar surface area (TPSA) is 27.1 Å². The zero-order valence-corrected chi connectivity index (χ0v) is 16.4. The fourth-order valence-corrected chi connectivity index (χ4v) is 3.41. The van der Waals surface area contributed by atoms with Crippen molar-refractivity contribution in [1.29, 1.82) is 0 Å². The first-order valence-corrected chi connectivity index (χ1v) is 9.74. The van der Waals surface area contributed by atoms with Gasteiger partial charge in [-0.15, -0.1) is 0 Å². The highest BCUT2D eigenvalue weighted by Gasteiger charge is 2.13. The number of para-hydroxylation sites is 3. The normalized spacial score (nSPS) is 11.6. The Labute approximate surface area is 157 Å². The van der Waals surface area contributed by atoms with Crippen LogP contribution in [-0.2, 0) is 6.54 Å². The Balaban J connectivity index is 1.59. The molecule has 0 aliphatic heterocycles. The molecule has 0 saturated heterocycles. The number of hydrogen-bond acceptors (Lipinski definition) is 2. The molecule has 0 saturated carbocycles. The van der Waals surface area contributed by atoms with Crippen LogP contribution in [0.25, 0.3) is 11.0 Å². The van der Waals surface area contributed by atoms with E-state index in [0.29, 0.717) is 11.8 Å². The van der Waals surface area contributed by atoms with Crippen molar-refractivity contribution in [1.82, 2.24) is 9.55 Å². The number of aryl methyl sites for hydroxylation is 1. The molecule has 1 aromatic heterocycles. The molecule has 0 amide bonds. The molecule has 138 valence electrons. The van der Waals surface area contributed by atoms with Gasteiger partial charge in [-0.25, -0.2) is 4.98 Å². The summed E-state index contributed by atoms with van der Waals surface area (Å²) in [6.45, 7) is 10.6. The Morgan fingerprint density at radius 3 is 2.38 bits per heavy atom. The number of benzene rings is 2. The number of unbranched alkanes of at least 4 members (excludes halogenated alkanes) is 1. The van der Waals surface area contributed by atoms with E-state index in [4.69, 9.17) is 9.72 Å². The maximum Gasteiger partial charge on any atom is 0.122 e. The lowest BCUT2D eigenvalue weighted by Gasteiger charge is -2.14. The van der Waals surface area contributed by atoms with Crippen molar-refractivity contribution < 1.29 is 4.74 Å². The third-order valence-electron chi connectivity index (χ3n) is 4.78. The molecule has 3 rings (SSSR count). The molecule has 3 nitrogen and oxygen atoms in total. The lowest BCUT2D eigenvalue weighted by Crippen LogP contribution is -2.07. The zero-order chi connectivity index (χ0) is 18.5. The molecule has 0 bridgehead atoms. The van der Waals surface area contributed by atoms with E-state index in [2.05, 4.69) is 74.7 Å². The van der Waals surface area contributed by atoms with Crippen LogP contribution in [0.3, 0.4) is 0 Å². The highest BCUT2D eigenvalue weighted by Crippen LogP contribution is 2.26. The summed E-state index contributed by atoms with van der Waals surface area (Å²) in [5.74, 6) is 3.12. The van der Waals surface area contributed by atoms with Crippen molar-refractivity contribution in [3.63, 3.8) is 0 Å². The summed E-state index contributed by atoms with van der Waals surface area (Å²) in [6, 6.07) is 16.8. The van der Waals surface area contributed by atoms with Crippen molar-refractivity contribution in [2.75, 3.05) is 6.61 Å². The molecule has 0 fully saturated rings. The molecule has 1 heterocycles. The van der Waals surface area contributed by atoms with Gasteiger partial charge in [-0.3, -0.25) is 0 Å². The predicted octanol–water partition coefficient (Wildman–Crippen LogP) is 6.14. The fourth-order valence-electron chi connectivity index (χ4n) is 3.41. The first-order chi connectivity index (χ1) is 12.6. The van der Waals surface area contributed by atoms with Gasteiger partial charge in [-0.2, -0.15) is 0 Å². The minimum absolute atomic E-state index is 0.427. The van der Waals surface area contributed by atoms with Gasteiger partial charge in [0, 0.05) is 12.5 Å². The minimum Gasteiger partial charge on any atom is -0.493 e. The first kappa shape index (κ1) is 18.5. The predicted molar refractivity (Wildman–Crippen MR) is 109 cm³/mol. The van der Waals surface area contributed by atoms with Crippen molar-refractivity contribution in [2.24, 2.45) is 0 Å². The average Bonchev–Trinajstić information content (AvgIpc) is 3.01. The van der Waals surface area contributed by atoms with Crippen LogP contribution in [0.2, 0.25) is 0 Å². The molecule has 0 aliphatic carbocycles. The van der Waals surface area contributed by atoms with Crippen molar-refractivity contribution in [2.45, 2.75) is 58.9 Å². The van der Waals surface area contributed by atoms with E-state index in [0.717, 1.165) is 37.3 Å². The Hall–Kier alpha value is -2.29. The molecular weight excluding hydrogens is 320 g/mol. The molecule has 0 unspecified atom stereocenters. The third kappa shape index (κ3) is 4.09. The largest absolute Gasteiger partial charge is 0.493 e. The van der Waals surface area contributed by atoms with Crippen molar-refractivity contribution >= 4 is 11.0 Å². The maximum absolute atomic E-state index is 6.06. The number of ether oxygens (including phenoxy) is 1. The summed E-state index contributed by atoms with van der Waals surface area (Å²) in [6.07, 6.45) is 2.13. The molecule has 26 heavy (non-hydrogen) atoms. The van der Waals surface area contributed by atoms with Gasteiger partial charge < -0.3 is 9.30 Å². The summed E-state index contributed by atoms with van der Waals surface area (Å²) < 4.78 is 8.44. The standard InChI is InChI=1S/C23H30N2O/c1-17(2)19-11-5-8-14-22(19)26-16-10-9-15-25-21-13-7-6-12-20(21)24-23(25)18(3)4/h5-8,11-14,17-18H,9-10,15-16H2,1-4H3. The molecule has 2 aromatic carbocycles. The number of rotatable bonds is 8. The van der Waals surface area contributed by atoms with E-state index in [1.165, 1.54) is 16.9 Å². The first-order valence-electron chi connectivity index (χ1n) is 9.74. The van der Waals surface area contributed by atoms with Gasteiger partial charge in [0.1, 0.15) is 11.6 Å². The summed E-state index contributed by atoms with van der Waals surface area (Å²) in [5, 5.41) is 0. The van der Waals surface area contributed by atoms with Crippen LogP contribution in [0.4, 0.5) is 0 Å². The van der Waals surface area contributed by atoms with Crippen LogP contribution in [0.15, 0.2) is 48.5 Å². The highest BCUT2D eigenvalue weighted by molar-refractivity contribution is 5.76. The van der Waals surface area contributed by atoms with Gasteiger partial charge in [-0.05, 0) is 42.5 Å². The number of aromatic nitrogens is 2. The lowest BCUT2D eigenvalue weighted by atomic mass is 10.0. The Kier molecular flexibility index (Phi) is 5.97. The van der Waals surface area contributed by atoms with Crippen LogP contribution in [-0.4, -0.2) is 16.2 Å². The Bertz CT molecular complexity index is 848. The van der Waals surface area contributed by atoms with Crippen LogP contribution in [0, 0.1) is 0 Å². The van der Waals surface area contributed by atoms with E-state index >= 15 is 0 Å². The van der Waals surface area contributed by atoms with Crippen molar-refractivity contribution in [3.05, 3.63) is 59.9 Å². The Morgan fingerprint density at radius 1 is 0.885 bits per heavy atom. The second-order valence-corrected chi connectivity index (χ2v) is 7.51. The van der Waals surface area contributed by atoms with Crippen LogP contribution in [0.1, 0.15) is 63.8 Å². The van der Waals surface area contributed by atoms with Gasteiger partial charge >= 0.3 is 0 Å². The quantitative estimate of drug-likeness (QED) is 0.456. The molecule has 0 N–H and O–H groups in total. The average molecular weight is 351 g/mol. The minimum atomic E-state index is 0.427. The van der Waals surface area contributed by atoms with E-state index in [9.17, 15) is 0 Å². The Morgan fingerprint density at radius 2 is 1.62 bits per heavy atom. The number of hydrogen-bond donors (Lipinski definition) is 0. The summed E-state index contributed by atoms with van der Waals surface area (Å²) in [5.41, 5.74) is 3.62. The van der Waals surface area contributed by atoms with Crippen molar-refractivity contribution in [3.8, 4) is 5.75 Å². The van der Waals surface area contributed by atoms with Crippen LogP contribution < -0.4 is 4.74 Å². The zero-order valence-electron chi connectivity index (χ0n) is 16.4. The number of imidazole rings is 1. The highest BCUT2D eigenvalue weighted by atomic mass is 16.5. The van der Waals surface area contributed by atoms with Gasteiger partial charge in [0.05, 0.1) is 17.6 Å². The molecule has 3 aromatic rings. The molecule has 0 aliphatic rings.